The normalized spacial score (nSPS) is 11.4. The van der Waals surface area contributed by atoms with Crippen molar-refractivity contribution in [1.29, 1.82) is 0 Å². The van der Waals surface area contributed by atoms with E-state index >= 15 is 0 Å². The third-order valence-corrected chi connectivity index (χ3v) is 5.97. The first kappa shape index (κ1) is 19.8. The van der Waals surface area contributed by atoms with Crippen LogP contribution < -0.4 is 4.74 Å². The quantitative estimate of drug-likeness (QED) is 0.422. The highest BCUT2D eigenvalue weighted by Crippen LogP contribution is 2.18. The standard InChI is InChI=1S/C19H21NO5S/c1-4-20(5-2)26(23,24)18-12-8-16(9-13-18)19(22)25-17-10-6-15(7-11-17)14(3)21/h6-13H,4-5H2,1-3H3. The maximum absolute atomic E-state index is 12.4. The van der Waals surface area contributed by atoms with E-state index in [2.05, 4.69) is 0 Å². The third kappa shape index (κ3) is 4.36. The summed E-state index contributed by atoms with van der Waals surface area (Å²) in [6.07, 6.45) is 0. The van der Waals surface area contributed by atoms with Crippen LogP contribution in [0.4, 0.5) is 0 Å². The van der Waals surface area contributed by atoms with E-state index in [4.69, 9.17) is 4.74 Å². The lowest BCUT2D eigenvalue weighted by molar-refractivity contribution is 0.0734. The summed E-state index contributed by atoms with van der Waals surface area (Å²) < 4.78 is 31.5. The minimum Gasteiger partial charge on any atom is -0.423 e. The molecule has 0 saturated heterocycles. The summed E-state index contributed by atoms with van der Waals surface area (Å²) in [5.74, 6) is -0.375. The Hall–Kier alpha value is -2.51. The summed E-state index contributed by atoms with van der Waals surface area (Å²) in [5.41, 5.74) is 0.759. The Labute approximate surface area is 153 Å². The average molecular weight is 375 g/mol. The van der Waals surface area contributed by atoms with Crippen LogP contribution in [-0.4, -0.2) is 37.6 Å². The SMILES string of the molecule is CCN(CC)S(=O)(=O)c1ccc(C(=O)Oc2ccc(C(C)=O)cc2)cc1. The minimum atomic E-state index is -3.57. The van der Waals surface area contributed by atoms with Gasteiger partial charge < -0.3 is 4.74 Å². The second-order valence-corrected chi connectivity index (χ2v) is 7.52. The monoisotopic (exact) mass is 375 g/mol. The van der Waals surface area contributed by atoms with Crippen LogP contribution in [0, 0.1) is 0 Å². The second-order valence-electron chi connectivity index (χ2n) is 5.58. The summed E-state index contributed by atoms with van der Waals surface area (Å²) >= 11 is 0. The molecule has 0 amide bonds. The Kier molecular flexibility index (Phi) is 6.28. The van der Waals surface area contributed by atoms with Crippen LogP contribution >= 0.6 is 0 Å². The highest BCUT2D eigenvalue weighted by Gasteiger charge is 2.21. The molecule has 2 aromatic carbocycles. The van der Waals surface area contributed by atoms with Crippen molar-refractivity contribution in [3.63, 3.8) is 0 Å². The highest BCUT2D eigenvalue weighted by molar-refractivity contribution is 7.89. The zero-order chi connectivity index (χ0) is 19.3. The fourth-order valence-corrected chi connectivity index (χ4v) is 3.86. The Morgan fingerprint density at radius 2 is 1.38 bits per heavy atom. The zero-order valence-corrected chi connectivity index (χ0v) is 15.7. The van der Waals surface area contributed by atoms with E-state index in [0.29, 0.717) is 24.4 Å². The Bertz CT molecular complexity index is 883. The Morgan fingerprint density at radius 3 is 1.85 bits per heavy atom. The molecule has 0 bridgehead atoms. The van der Waals surface area contributed by atoms with Gasteiger partial charge in [0.25, 0.3) is 0 Å². The van der Waals surface area contributed by atoms with Gasteiger partial charge in [-0.15, -0.1) is 0 Å². The Balaban J connectivity index is 2.15. The van der Waals surface area contributed by atoms with E-state index < -0.39 is 16.0 Å². The molecule has 7 heteroatoms. The van der Waals surface area contributed by atoms with Gasteiger partial charge in [-0.25, -0.2) is 13.2 Å². The van der Waals surface area contributed by atoms with Gasteiger partial charge in [-0.05, 0) is 55.5 Å². The molecule has 0 radical (unpaired) electrons. The average Bonchev–Trinajstić information content (AvgIpc) is 2.63. The zero-order valence-electron chi connectivity index (χ0n) is 14.9. The number of hydrogen-bond acceptors (Lipinski definition) is 5. The molecule has 0 atom stereocenters. The predicted octanol–water partition coefficient (Wildman–Crippen LogP) is 3.14. The van der Waals surface area contributed by atoms with E-state index in [0.717, 1.165) is 0 Å². The molecule has 0 fully saturated rings. The number of ether oxygens (including phenoxy) is 1. The molecule has 0 saturated carbocycles. The smallest absolute Gasteiger partial charge is 0.343 e. The molecule has 0 aliphatic carbocycles. The van der Waals surface area contributed by atoms with E-state index in [-0.39, 0.29) is 16.2 Å². The fourth-order valence-electron chi connectivity index (χ4n) is 2.40. The number of carbonyl (C=O) groups is 2. The van der Waals surface area contributed by atoms with Gasteiger partial charge in [-0.1, -0.05) is 13.8 Å². The molecule has 6 nitrogen and oxygen atoms in total. The van der Waals surface area contributed by atoms with Crippen LogP contribution in [0.3, 0.4) is 0 Å². The first-order valence-corrected chi connectivity index (χ1v) is 9.67. The molecule has 0 heterocycles. The van der Waals surface area contributed by atoms with Gasteiger partial charge in [-0.2, -0.15) is 4.31 Å². The number of Topliss-reactive ketones (excluding diaryl/α,β-unsaturated/α-hetero) is 1. The van der Waals surface area contributed by atoms with Crippen LogP contribution in [0.15, 0.2) is 53.4 Å². The van der Waals surface area contributed by atoms with Gasteiger partial charge in [0.15, 0.2) is 5.78 Å². The molecule has 0 aliphatic rings. The van der Waals surface area contributed by atoms with E-state index in [1.54, 1.807) is 26.0 Å². The van der Waals surface area contributed by atoms with Crippen molar-refractivity contribution in [2.24, 2.45) is 0 Å². The summed E-state index contributed by atoms with van der Waals surface area (Å²) in [4.78, 5) is 23.6. The first-order valence-electron chi connectivity index (χ1n) is 8.23. The van der Waals surface area contributed by atoms with Crippen LogP contribution in [0.5, 0.6) is 5.75 Å². The number of esters is 1. The predicted molar refractivity (Wildman–Crippen MR) is 98.0 cm³/mol. The van der Waals surface area contributed by atoms with Crippen LogP contribution in [0.1, 0.15) is 41.5 Å². The summed E-state index contributed by atoms with van der Waals surface area (Å²) in [7, 11) is -3.57. The number of benzene rings is 2. The summed E-state index contributed by atoms with van der Waals surface area (Å²) in [6.45, 7) is 5.74. The van der Waals surface area contributed by atoms with Crippen LogP contribution in [0.25, 0.3) is 0 Å². The number of carbonyl (C=O) groups excluding carboxylic acids is 2. The van der Waals surface area contributed by atoms with E-state index in [9.17, 15) is 18.0 Å². The molecule has 0 N–H and O–H groups in total. The lowest BCUT2D eigenvalue weighted by atomic mass is 10.1. The van der Waals surface area contributed by atoms with Crippen molar-refractivity contribution in [1.82, 2.24) is 4.31 Å². The van der Waals surface area contributed by atoms with E-state index in [1.165, 1.54) is 47.6 Å². The van der Waals surface area contributed by atoms with Crippen molar-refractivity contribution >= 4 is 21.8 Å². The molecule has 2 aromatic rings. The highest BCUT2D eigenvalue weighted by atomic mass is 32.2. The number of ketones is 1. The lowest BCUT2D eigenvalue weighted by Crippen LogP contribution is -2.30. The van der Waals surface area contributed by atoms with Gasteiger partial charge in [-0.3, -0.25) is 4.79 Å². The summed E-state index contributed by atoms with van der Waals surface area (Å²) in [5, 5.41) is 0. The van der Waals surface area contributed by atoms with Crippen molar-refractivity contribution in [3.05, 3.63) is 59.7 Å². The molecule has 0 aromatic heterocycles. The van der Waals surface area contributed by atoms with Crippen molar-refractivity contribution in [2.45, 2.75) is 25.7 Å². The van der Waals surface area contributed by atoms with Crippen LogP contribution in [-0.2, 0) is 10.0 Å². The molecule has 0 aliphatic heterocycles. The van der Waals surface area contributed by atoms with Gasteiger partial charge in [0, 0.05) is 18.7 Å². The maximum Gasteiger partial charge on any atom is 0.343 e. The van der Waals surface area contributed by atoms with Gasteiger partial charge in [0.05, 0.1) is 10.5 Å². The minimum absolute atomic E-state index is 0.0760. The molecule has 138 valence electrons. The molecular weight excluding hydrogens is 354 g/mol. The fraction of sp³-hybridized carbons (Fsp3) is 0.263. The largest absolute Gasteiger partial charge is 0.423 e. The number of nitrogens with zero attached hydrogens (tertiary/aromatic N) is 1. The van der Waals surface area contributed by atoms with Gasteiger partial charge in [0.1, 0.15) is 5.75 Å². The van der Waals surface area contributed by atoms with Gasteiger partial charge in [0.2, 0.25) is 10.0 Å². The number of rotatable bonds is 7. The Morgan fingerprint density at radius 1 is 0.885 bits per heavy atom. The van der Waals surface area contributed by atoms with Crippen molar-refractivity contribution < 1.29 is 22.7 Å². The van der Waals surface area contributed by atoms with Crippen molar-refractivity contribution in [3.8, 4) is 5.75 Å². The maximum atomic E-state index is 12.4. The molecule has 0 spiro atoms. The molecule has 26 heavy (non-hydrogen) atoms. The lowest BCUT2D eigenvalue weighted by Gasteiger charge is -2.18. The summed E-state index contributed by atoms with van der Waals surface area (Å²) in [6, 6.07) is 11.8. The number of sulfonamides is 1. The van der Waals surface area contributed by atoms with Gasteiger partial charge >= 0.3 is 5.97 Å². The second kappa shape index (κ2) is 8.25. The molecule has 0 unspecified atom stereocenters. The molecular formula is C19H21NO5S. The van der Waals surface area contributed by atoms with E-state index in [1.807, 2.05) is 0 Å². The topological polar surface area (TPSA) is 80.8 Å². The number of hydrogen-bond donors (Lipinski definition) is 0. The van der Waals surface area contributed by atoms with Crippen LogP contribution in [0.2, 0.25) is 0 Å². The first-order chi connectivity index (χ1) is 12.3. The molecule has 2 rings (SSSR count). The third-order valence-electron chi connectivity index (χ3n) is 3.90. The van der Waals surface area contributed by atoms with Crippen molar-refractivity contribution in [2.75, 3.05) is 13.1 Å².